The van der Waals surface area contributed by atoms with E-state index in [4.69, 9.17) is 10.2 Å². The van der Waals surface area contributed by atoms with E-state index in [0.717, 1.165) is 12.5 Å². The number of carboxylic acid groups (broad SMARTS) is 1. The number of nitrogens with zero attached hydrogens (tertiary/aromatic N) is 2. The van der Waals surface area contributed by atoms with Crippen molar-refractivity contribution in [3.05, 3.63) is 17.5 Å². The van der Waals surface area contributed by atoms with Gasteiger partial charge in [-0.15, -0.1) is 0 Å². The first-order valence-electron chi connectivity index (χ1n) is 5.20. The lowest BCUT2D eigenvalue weighted by molar-refractivity contribution is 0.0647. The van der Waals surface area contributed by atoms with E-state index in [-0.39, 0.29) is 24.6 Å². The third-order valence-electron chi connectivity index (χ3n) is 2.09. The molecule has 1 amide bonds. The van der Waals surface area contributed by atoms with Gasteiger partial charge in [-0.05, 0) is 6.42 Å². The summed E-state index contributed by atoms with van der Waals surface area (Å²) < 4.78 is 4.49. The van der Waals surface area contributed by atoms with Gasteiger partial charge in [-0.1, -0.05) is 12.1 Å². The number of hydrogen-bond donors (Lipinski definition) is 2. The van der Waals surface area contributed by atoms with E-state index in [1.54, 1.807) is 0 Å². The molecule has 0 aliphatic heterocycles. The van der Waals surface area contributed by atoms with E-state index in [1.165, 1.54) is 4.90 Å². The van der Waals surface area contributed by atoms with Crippen LogP contribution in [0.25, 0.3) is 0 Å². The van der Waals surface area contributed by atoms with Gasteiger partial charge >= 0.3 is 5.97 Å². The highest BCUT2D eigenvalue weighted by Gasteiger charge is 2.21. The van der Waals surface area contributed by atoms with Crippen LogP contribution in [0.15, 0.2) is 10.6 Å². The van der Waals surface area contributed by atoms with Crippen molar-refractivity contribution < 1.29 is 24.3 Å². The first-order valence-corrected chi connectivity index (χ1v) is 5.20. The topological polar surface area (TPSA) is 104 Å². The van der Waals surface area contributed by atoms with E-state index in [9.17, 15) is 9.59 Å². The van der Waals surface area contributed by atoms with Gasteiger partial charge in [0.15, 0.2) is 5.69 Å². The zero-order chi connectivity index (χ0) is 12.8. The molecule has 0 radical (unpaired) electrons. The minimum absolute atomic E-state index is 0.0655. The second-order valence-corrected chi connectivity index (χ2v) is 3.40. The smallest absolute Gasteiger partial charge is 0.374 e. The van der Waals surface area contributed by atoms with Gasteiger partial charge < -0.3 is 19.6 Å². The van der Waals surface area contributed by atoms with Gasteiger partial charge in [-0.25, -0.2) is 4.79 Å². The number of hydrogen-bond acceptors (Lipinski definition) is 5. The Balaban J connectivity index is 2.81. The summed E-state index contributed by atoms with van der Waals surface area (Å²) in [5.41, 5.74) is -0.0655. The summed E-state index contributed by atoms with van der Waals surface area (Å²) in [4.78, 5) is 23.8. The Morgan fingerprint density at radius 1 is 1.47 bits per heavy atom. The van der Waals surface area contributed by atoms with Crippen molar-refractivity contribution in [2.75, 3.05) is 19.7 Å². The number of aromatic nitrogens is 1. The fraction of sp³-hybridized carbons (Fsp3) is 0.500. The van der Waals surface area contributed by atoms with Crippen molar-refractivity contribution >= 4 is 11.9 Å². The van der Waals surface area contributed by atoms with Gasteiger partial charge in [-0.3, -0.25) is 4.79 Å². The van der Waals surface area contributed by atoms with E-state index < -0.39 is 11.9 Å². The fourth-order valence-corrected chi connectivity index (χ4v) is 1.34. The van der Waals surface area contributed by atoms with E-state index in [0.29, 0.717) is 6.54 Å². The van der Waals surface area contributed by atoms with Crippen molar-refractivity contribution in [2.24, 2.45) is 0 Å². The molecule has 0 atom stereocenters. The minimum atomic E-state index is -1.28. The predicted octanol–water partition coefficient (Wildman–Crippen LogP) is 0.217. The summed E-state index contributed by atoms with van der Waals surface area (Å²) in [6.45, 7) is 2.38. The van der Waals surface area contributed by atoms with Crippen LogP contribution in [0.5, 0.6) is 0 Å². The maximum atomic E-state index is 11.9. The Morgan fingerprint density at radius 2 is 2.18 bits per heavy atom. The highest BCUT2D eigenvalue weighted by Crippen LogP contribution is 2.07. The average Bonchev–Trinajstić information content (AvgIpc) is 2.77. The van der Waals surface area contributed by atoms with Crippen LogP contribution in [-0.4, -0.2) is 51.8 Å². The number of carboxylic acids is 1. The van der Waals surface area contributed by atoms with Gasteiger partial charge in [0.25, 0.3) is 5.91 Å². The molecule has 0 saturated carbocycles. The third kappa shape index (κ3) is 3.28. The monoisotopic (exact) mass is 242 g/mol. The summed E-state index contributed by atoms with van der Waals surface area (Å²) in [7, 11) is 0. The molecule has 0 unspecified atom stereocenters. The van der Waals surface area contributed by atoms with Gasteiger partial charge in [0.1, 0.15) is 0 Å². The molecule has 1 aromatic heterocycles. The third-order valence-corrected chi connectivity index (χ3v) is 2.09. The lowest BCUT2D eigenvalue weighted by atomic mass is 10.3. The average molecular weight is 242 g/mol. The highest BCUT2D eigenvalue weighted by atomic mass is 16.5. The number of aromatic carboxylic acids is 1. The van der Waals surface area contributed by atoms with Gasteiger partial charge in [-0.2, -0.15) is 0 Å². The van der Waals surface area contributed by atoms with Crippen molar-refractivity contribution in [1.82, 2.24) is 10.1 Å². The minimum Gasteiger partial charge on any atom is -0.475 e. The standard InChI is InChI=1S/C10H14N2O5/c1-2-3-12(4-5-13)9(14)7-6-8(10(15)16)17-11-7/h6,13H,2-5H2,1H3,(H,15,16). The van der Waals surface area contributed by atoms with Gasteiger partial charge in [0, 0.05) is 19.2 Å². The summed E-state index contributed by atoms with van der Waals surface area (Å²) in [5, 5.41) is 20.8. The molecule has 0 saturated heterocycles. The van der Waals surface area contributed by atoms with Crippen LogP contribution in [0.4, 0.5) is 0 Å². The Morgan fingerprint density at radius 3 is 2.65 bits per heavy atom. The summed E-state index contributed by atoms with van der Waals surface area (Å²) in [6, 6.07) is 1.07. The van der Waals surface area contributed by atoms with Crippen molar-refractivity contribution in [1.29, 1.82) is 0 Å². The summed E-state index contributed by atoms with van der Waals surface area (Å²) >= 11 is 0. The molecule has 0 aliphatic rings. The molecule has 17 heavy (non-hydrogen) atoms. The molecule has 1 rings (SSSR count). The Kier molecular flexibility index (Phi) is 4.65. The van der Waals surface area contributed by atoms with Crippen LogP contribution >= 0.6 is 0 Å². The number of amides is 1. The predicted molar refractivity (Wildman–Crippen MR) is 56.7 cm³/mol. The maximum Gasteiger partial charge on any atom is 0.374 e. The Labute approximate surface area is 97.6 Å². The molecular formula is C10H14N2O5. The first kappa shape index (κ1) is 13.2. The van der Waals surface area contributed by atoms with E-state index >= 15 is 0 Å². The van der Waals surface area contributed by atoms with Crippen LogP contribution in [0.1, 0.15) is 34.4 Å². The molecule has 7 nitrogen and oxygen atoms in total. The molecule has 0 spiro atoms. The number of rotatable bonds is 6. The van der Waals surface area contributed by atoms with Crippen LogP contribution in [0.2, 0.25) is 0 Å². The van der Waals surface area contributed by atoms with Crippen molar-refractivity contribution in [2.45, 2.75) is 13.3 Å². The molecule has 0 aromatic carbocycles. The SMILES string of the molecule is CCCN(CCO)C(=O)c1cc(C(=O)O)on1. The van der Waals surface area contributed by atoms with Gasteiger partial charge in [0.05, 0.1) is 6.61 Å². The molecule has 0 fully saturated rings. The van der Waals surface area contributed by atoms with Crippen LogP contribution in [0, 0.1) is 0 Å². The lowest BCUT2D eigenvalue weighted by Gasteiger charge is -2.19. The van der Waals surface area contributed by atoms with Gasteiger partial charge in [0.2, 0.25) is 5.76 Å². The second-order valence-electron chi connectivity index (χ2n) is 3.40. The normalized spacial score (nSPS) is 10.2. The molecule has 2 N–H and O–H groups in total. The van der Waals surface area contributed by atoms with Crippen LogP contribution in [-0.2, 0) is 0 Å². The quantitative estimate of drug-likeness (QED) is 0.739. The van der Waals surface area contributed by atoms with E-state index in [1.807, 2.05) is 6.92 Å². The Hall–Kier alpha value is -1.89. The molecule has 7 heteroatoms. The number of carbonyl (C=O) groups excluding carboxylic acids is 1. The molecule has 94 valence electrons. The number of carbonyl (C=O) groups is 2. The lowest BCUT2D eigenvalue weighted by Crippen LogP contribution is -2.34. The molecule has 1 aromatic rings. The van der Waals surface area contributed by atoms with E-state index in [2.05, 4.69) is 9.68 Å². The largest absolute Gasteiger partial charge is 0.475 e. The molecule has 0 bridgehead atoms. The number of aliphatic hydroxyl groups is 1. The molecular weight excluding hydrogens is 228 g/mol. The summed E-state index contributed by atoms with van der Waals surface area (Å²) in [5.74, 6) is -2.10. The Bertz CT molecular complexity index is 395. The summed E-state index contributed by atoms with van der Waals surface area (Å²) in [6.07, 6.45) is 0.732. The molecule has 1 heterocycles. The molecule has 0 aliphatic carbocycles. The van der Waals surface area contributed by atoms with Crippen LogP contribution in [0.3, 0.4) is 0 Å². The fourth-order valence-electron chi connectivity index (χ4n) is 1.34. The van der Waals surface area contributed by atoms with Crippen molar-refractivity contribution in [3.63, 3.8) is 0 Å². The van der Waals surface area contributed by atoms with Crippen LogP contribution < -0.4 is 0 Å². The highest BCUT2D eigenvalue weighted by molar-refractivity contribution is 5.94. The second kappa shape index (κ2) is 6.00. The van der Waals surface area contributed by atoms with Crippen molar-refractivity contribution in [3.8, 4) is 0 Å². The maximum absolute atomic E-state index is 11.9. The number of aliphatic hydroxyl groups excluding tert-OH is 1. The zero-order valence-corrected chi connectivity index (χ0v) is 9.42. The zero-order valence-electron chi connectivity index (χ0n) is 9.42. The first-order chi connectivity index (χ1) is 8.10.